The largest absolute Gasteiger partial charge is 0.497 e. The van der Waals surface area contributed by atoms with Gasteiger partial charge in [0, 0.05) is 29.8 Å². The molecule has 5 heteroatoms. The Hall–Kier alpha value is -3.23. The second-order valence-electron chi connectivity index (χ2n) is 5.43. The lowest BCUT2D eigenvalue weighted by Crippen LogP contribution is -2.10. The molecule has 1 heterocycles. The fourth-order valence-electron chi connectivity index (χ4n) is 2.89. The molecule has 0 saturated heterocycles. The Morgan fingerprint density at radius 3 is 2.52 bits per heavy atom. The van der Waals surface area contributed by atoms with Gasteiger partial charge >= 0.3 is 0 Å². The summed E-state index contributed by atoms with van der Waals surface area (Å²) in [5.74, 6) is 1.48. The number of benzene rings is 2. The summed E-state index contributed by atoms with van der Waals surface area (Å²) >= 11 is 0. The number of hydrogen-bond donors (Lipinski definition) is 1. The summed E-state index contributed by atoms with van der Waals surface area (Å²) in [6.07, 6.45) is 1.71. The van der Waals surface area contributed by atoms with Crippen molar-refractivity contribution >= 4 is 17.1 Å². The molecular weight excluding hydrogens is 314 g/mol. The monoisotopic (exact) mass is 333 g/mol. The molecule has 1 aromatic heterocycles. The van der Waals surface area contributed by atoms with Crippen molar-refractivity contribution < 1.29 is 9.47 Å². The molecule has 3 aromatic rings. The number of hydrogen-bond acceptors (Lipinski definition) is 4. The second-order valence-corrected chi connectivity index (χ2v) is 5.43. The fourth-order valence-corrected chi connectivity index (χ4v) is 2.89. The molecule has 0 aliphatic carbocycles. The fraction of sp³-hybridized carbons (Fsp3) is 0.150. The van der Waals surface area contributed by atoms with Crippen molar-refractivity contribution in [1.29, 1.82) is 5.26 Å². The molecule has 25 heavy (non-hydrogen) atoms. The Morgan fingerprint density at radius 2 is 1.92 bits per heavy atom. The number of nitrogens with zero attached hydrogens (tertiary/aromatic N) is 2. The molecule has 2 N–H and O–H groups in total. The van der Waals surface area contributed by atoms with E-state index in [9.17, 15) is 5.26 Å². The highest BCUT2D eigenvalue weighted by Crippen LogP contribution is 2.36. The molecule has 0 radical (unpaired) electrons. The molecule has 0 spiro atoms. The van der Waals surface area contributed by atoms with E-state index in [-0.39, 0.29) is 0 Å². The Labute approximate surface area is 146 Å². The lowest BCUT2D eigenvalue weighted by molar-refractivity contribution is 0.328. The Balaban J connectivity index is 2.18. The van der Waals surface area contributed by atoms with E-state index >= 15 is 0 Å². The van der Waals surface area contributed by atoms with E-state index in [1.807, 2.05) is 47.0 Å². The standard InChI is InChI=1S/C20H19N3O2/c1-3-23-19-12-16(24-2)8-9-17(19)18(13-22)20(23)14-4-6-15(7-5-14)25-11-10-21/h3-9,12H,1,10-11,21H2,2H3. The maximum absolute atomic E-state index is 9.72. The first-order valence-electron chi connectivity index (χ1n) is 7.91. The molecule has 0 amide bonds. The number of methoxy groups -OCH3 is 1. The summed E-state index contributed by atoms with van der Waals surface area (Å²) in [5, 5.41) is 10.6. The van der Waals surface area contributed by atoms with Gasteiger partial charge in [-0.2, -0.15) is 5.26 Å². The van der Waals surface area contributed by atoms with Crippen LogP contribution in [0.4, 0.5) is 0 Å². The van der Waals surface area contributed by atoms with Gasteiger partial charge in [-0.15, -0.1) is 0 Å². The van der Waals surface area contributed by atoms with E-state index in [1.165, 1.54) is 0 Å². The first-order chi connectivity index (χ1) is 12.2. The molecule has 0 aliphatic heterocycles. The van der Waals surface area contributed by atoms with Crippen molar-refractivity contribution in [3.8, 4) is 28.8 Å². The molecule has 5 nitrogen and oxygen atoms in total. The molecule has 0 atom stereocenters. The highest BCUT2D eigenvalue weighted by atomic mass is 16.5. The molecule has 2 aromatic carbocycles. The molecule has 3 rings (SSSR count). The number of aromatic nitrogens is 1. The predicted octanol–water partition coefficient (Wildman–Crippen LogP) is 3.63. The van der Waals surface area contributed by atoms with Gasteiger partial charge in [0.15, 0.2) is 0 Å². The highest BCUT2D eigenvalue weighted by Gasteiger charge is 2.18. The van der Waals surface area contributed by atoms with Gasteiger partial charge in [0.25, 0.3) is 0 Å². The van der Waals surface area contributed by atoms with Crippen LogP contribution in [0.15, 0.2) is 49.0 Å². The number of fused-ring (bicyclic) bond motifs is 1. The molecule has 0 saturated carbocycles. The Kier molecular flexibility index (Phi) is 4.73. The normalized spacial score (nSPS) is 10.4. The van der Waals surface area contributed by atoms with Gasteiger partial charge in [-0.3, -0.25) is 0 Å². The summed E-state index contributed by atoms with van der Waals surface area (Å²) < 4.78 is 12.7. The minimum atomic E-state index is 0.465. The van der Waals surface area contributed by atoms with Crippen molar-refractivity contribution in [2.75, 3.05) is 20.3 Å². The van der Waals surface area contributed by atoms with Crippen LogP contribution in [0, 0.1) is 11.3 Å². The van der Waals surface area contributed by atoms with Crippen molar-refractivity contribution in [2.24, 2.45) is 5.73 Å². The molecule has 0 fully saturated rings. The van der Waals surface area contributed by atoms with Crippen molar-refractivity contribution in [3.63, 3.8) is 0 Å². The molecule has 0 bridgehead atoms. The average Bonchev–Trinajstić information content (AvgIpc) is 2.99. The summed E-state index contributed by atoms with van der Waals surface area (Å²) in [5.41, 5.74) is 8.64. The lowest BCUT2D eigenvalue weighted by Gasteiger charge is -2.08. The third kappa shape index (κ3) is 2.95. The van der Waals surface area contributed by atoms with Gasteiger partial charge in [0.2, 0.25) is 0 Å². The molecule has 0 aliphatic rings. The first-order valence-corrected chi connectivity index (χ1v) is 7.91. The number of ether oxygens (including phenoxy) is 2. The van der Waals surface area contributed by atoms with Gasteiger partial charge in [-0.25, -0.2) is 0 Å². The molecule has 126 valence electrons. The first kappa shape index (κ1) is 16.6. The second kappa shape index (κ2) is 7.12. The van der Waals surface area contributed by atoms with Crippen LogP contribution in [0.2, 0.25) is 0 Å². The Morgan fingerprint density at radius 1 is 1.20 bits per heavy atom. The zero-order valence-electron chi connectivity index (χ0n) is 14.0. The van der Waals surface area contributed by atoms with E-state index < -0.39 is 0 Å². The van der Waals surface area contributed by atoms with Crippen LogP contribution < -0.4 is 15.2 Å². The van der Waals surface area contributed by atoms with Crippen LogP contribution in [0.5, 0.6) is 11.5 Å². The quantitative estimate of drug-likeness (QED) is 0.747. The van der Waals surface area contributed by atoms with E-state index in [0.29, 0.717) is 18.7 Å². The van der Waals surface area contributed by atoms with E-state index in [4.69, 9.17) is 15.2 Å². The van der Waals surface area contributed by atoms with Crippen molar-refractivity contribution in [3.05, 3.63) is 54.6 Å². The average molecular weight is 333 g/mol. The zero-order chi connectivity index (χ0) is 17.8. The Bertz CT molecular complexity index is 950. The van der Waals surface area contributed by atoms with E-state index in [1.54, 1.807) is 13.3 Å². The topological polar surface area (TPSA) is 73.2 Å². The third-order valence-electron chi connectivity index (χ3n) is 4.02. The van der Waals surface area contributed by atoms with Gasteiger partial charge < -0.3 is 19.8 Å². The summed E-state index contributed by atoms with van der Waals surface area (Å²) in [7, 11) is 1.62. The van der Waals surface area contributed by atoms with Crippen LogP contribution in [0.25, 0.3) is 28.4 Å². The smallest absolute Gasteiger partial charge is 0.120 e. The van der Waals surface area contributed by atoms with Gasteiger partial charge in [0.1, 0.15) is 24.2 Å². The maximum atomic E-state index is 9.72. The van der Waals surface area contributed by atoms with Crippen LogP contribution in [-0.2, 0) is 0 Å². The van der Waals surface area contributed by atoms with Gasteiger partial charge in [-0.1, -0.05) is 6.58 Å². The van der Waals surface area contributed by atoms with Crippen LogP contribution in [0.3, 0.4) is 0 Å². The van der Waals surface area contributed by atoms with Crippen LogP contribution in [0.1, 0.15) is 5.56 Å². The number of rotatable bonds is 6. The summed E-state index contributed by atoms with van der Waals surface area (Å²) in [6.45, 7) is 4.84. The SMILES string of the molecule is C=Cn1c(-c2ccc(OCCN)cc2)c(C#N)c2ccc(OC)cc21. The third-order valence-corrected chi connectivity index (χ3v) is 4.02. The summed E-state index contributed by atoms with van der Waals surface area (Å²) in [6, 6.07) is 15.6. The van der Waals surface area contributed by atoms with E-state index in [0.717, 1.165) is 33.7 Å². The summed E-state index contributed by atoms with van der Waals surface area (Å²) in [4.78, 5) is 0. The molecule has 0 unspecified atom stereocenters. The van der Waals surface area contributed by atoms with Crippen LogP contribution in [-0.4, -0.2) is 24.8 Å². The maximum Gasteiger partial charge on any atom is 0.120 e. The van der Waals surface area contributed by atoms with Crippen molar-refractivity contribution in [1.82, 2.24) is 4.57 Å². The zero-order valence-corrected chi connectivity index (χ0v) is 14.0. The minimum Gasteiger partial charge on any atom is -0.497 e. The number of nitriles is 1. The van der Waals surface area contributed by atoms with Gasteiger partial charge in [0.05, 0.1) is 23.9 Å². The van der Waals surface area contributed by atoms with Crippen LogP contribution >= 0.6 is 0 Å². The van der Waals surface area contributed by atoms with E-state index in [2.05, 4.69) is 12.6 Å². The van der Waals surface area contributed by atoms with Crippen molar-refractivity contribution in [2.45, 2.75) is 0 Å². The van der Waals surface area contributed by atoms with Gasteiger partial charge in [-0.05, 0) is 36.4 Å². The number of nitrogens with two attached hydrogens (primary N) is 1. The highest BCUT2D eigenvalue weighted by molar-refractivity contribution is 5.97. The minimum absolute atomic E-state index is 0.465. The lowest BCUT2D eigenvalue weighted by atomic mass is 10.1. The molecular formula is C20H19N3O2. The predicted molar refractivity (Wildman–Crippen MR) is 99.6 cm³/mol.